The van der Waals surface area contributed by atoms with Crippen LogP contribution >= 0.6 is 11.3 Å². The molecular formula is C9H8N4O2S. The number of benzene rings is 1. The summed E-state index contributed by atoms with van der Waals surface area (Å²) in [7, 11) is 1.76. The van der Waals surface area contributed by atoms with E-state index in [0.29, 0.717) is 5.13 Å². The lowest BCUT2D eigenvalue weighted by atomic mass is 10.2. The molecule has 0 amide bonds. The first-order valence-corrected chi connectivity index (χ1v) is 5.28. The van der Waals surface area contributed by atoms with E-state index in [2.05, 4.69) is 15.5 Å². The van der Waals surface area contributed by atoms with Crippen molar-refractivity contribution in [1.82, 2.24) is 10.2 Å². The fourth-order valence-electron chi connectivity index (χ4n) is 1.17. The zero-order valence-electron chi connectivity index (χ0n) is 8.38. The van der Waals surface area contributed by atoms with E-state index in [0.717, 1.165) is 10.6 Å². The van der Waals surface area contributed by atoms with E-state index in [4.69, 9.17) is 0 Å². The number of hydrogen-bond acceptors (Lipinski definition) is 6. The van der Waals surface area contributed by atoms with Crippen molar-refractivity contribution in [3.05, 3.63) is 34.4 Å². The van der Waals surface area contributed by atoms with Gasteiger partial charge in [-0.2, -0.15) is 0 Å². The van der Waals surface area contributed by atoms with Crippen LogP contribution in [0.25, 0.3) is 10.6 Å². The number of aromatic nitrogens is 2. The SMILES string of the molecule is CNc1nnc(-c2ccc([N+](=O)[O-])cc2)s1. The topological polar surface area (TPSA) is 81.0 Å². The van der Waals surface area contributed by atoms with Gasteiger partial charge in [0.2, 0.25) is 5.13 Å². The fraction of sp³-hybridized carbons (Fsp3) is 0.111. The van der Waals surface area contributed by atoms with E-state index in [-0.39, 0.29) is 5.69 Å². The average molecular weight is 236 g/mol. The van der Waals surface area contributed by atoms with Crippen LogP contribution in [0.3, 0.4) is 0 Å². The van der Waals surface area contributed by atoms with Gasteiger partial charge in [-0.25, -0.2) is 0 Å². The van der Waals surface area contributed by atoms with E-state index in [9.17, 15) is 10.1 Å². The Morgan fingerprint density at radius 2 is 2.00 bits per heavy atom. The van der Waals surface area contributed by atoms with Crippen molar-refractivity contribution in [2.45, 2.75) is 0 Å². The summed E-state index contributed by atoms with van der Waals surface area (Å²) in [4.78, 5) is 10.0. The second-order valence-corrected chi connectivity index (χ2v) is 3.94. The summed E-state index contributed by atoms with van der Waals surface area (Å²) >= 11 is 1.40. The highest BCUT2D eigenvalue weighted by molar-refractivity contribution is 7.18. The number of nitrogens with one attached hydrogen (secondary N) is 1. The molecule has 0 aliphatic heterocycles. The lowest BCUT2D eigenvalue weighted by molar-refractivity contribution is -0.384. The first-order chi connectivity index (χ1) is 7.70. The second-order valence-electron chi connectivity index (χ2n) is 2.97. The predicted octanol–water partition coefficient (Wildman–Crippen LogP) is 2.16. The number of nitro groups is 1. The molecule has 82 valence electrons. The van der Waals surface area contributed by atoms with E-state index >= 15 is 0 Å². The van der Waals surface area contributed by atoms with Gasteiger partial charge in [0.25, 0.3) is 5.69 Å². The summed E-state index contributed by atoms with van der Waals surface area (Å²) in [6.07, 6.45) is 0. The summed E-state index contributed by atoms with van der Waals surface area (Å²) in [5.74, 6) is 0. The van der Waals surface area contributed by atoms with Crippen molar-refractivity contribution in [3.63, 3.8) is 0 Å². The monoisotopic (exact) mass is 236 g/mol. The molecule has 1 heterocycles. The molecule has 2 rings (SSSR count). The van der Waals surface area contributed by atoms with Gasteiger partial charge in [-0.05, 0) is 12.1 Å². The molecule has 0 bridgehead atoms. The van der Waals surface area contributed by atoms with Crippen LogP contribution in [0.2, 0.25) is 0 Å². The lowest BCUT2D eigenvalue weighted by Crippen LogP contribution is -1.86. The van der Waals surface area contributed by atoms with E-state index in [1.165, 1.54) is 23.5 Å². The molecule has 0 unspecified atom stereocenters. The zero-order chi connectivity index (χ0) is 11.5. The molecule has 0 saturated carbocycles. The van der Waals surface area contributed by atoms with Crippen molar-refractivity contribution in [2.75, 3.05) is 12.4 Å². The number of anilines is 1. The summed E-state index contributed by atoms with van der Waals surface area (Å²) < 4.78 is 0. The molecule has 6 nitrogen and oxygen atoms in total. The van der Waals surface area contributed by atoms with Crippen molar-refractivity contribution in [1.29, 1.82) is 0 Å². The van der Waals surface area contributed by atoms with Crippen LogP contribution in [0.4, 0.5) is 10.8 Å². The number of hydrogen-bond donors (Lipinski definition) is 1. The minimum atomic E-state index is -0.428. The molecule has 0 aliphatic carbocycles. The molecule has 7 heteroatoms. The maximum atomic E-state index is 10.5. The van der Waals surface area contributed by atoms with E-state index in [1.807, 2.05) is 0 Å². The van der Waals surface area contributed by atoms with Gasteiger partial charge in [-0.15, -0.1) is 10.2 Å². The van der Waals surface area contributed by atoms with Gasteiger partial charge in [-0.3, -0.25) is 10.1 Å². The van der Waals surface area contributed by atoms with Gasteiger partial charge in [0, 0.05) is 24.7 Å². The Morgan fingerprint density at radius 1 is 1.31 bits per heavy atom. The first kappa shape index (κ1) is 10.5. The molecule has 1 aromatic carbocycles. The molecule has 1 aromatic heterocycles. The molecule has 0 atom stereocenters. The van der Waals surface area contributed by atoms with Crippen molar-refractivity contribution in [2.24, 2.45) is 0 Å². The maximum absolute atomic E-state index is 10.5. The quantitative estimate of drug-likeness (QED) is 0.652. The predicted molar refractivity (Wildman–Crippen MR) is 61.5 cm³/mol. The second kappa shape index (κ2) is 4.23. The van der Waals surface area contributed by atoms with Crippen LogP contribution in [0, 0.1) is 10.1 Å². The average Bonchev–Trinajstić information content (AvgIpc) is 2.77. The Balaban J connectivity index is 2.30. The van der Waals surface area contributed by atoms with Crippen LogP contribution in [0.5, 0.6) is 0 Å². The highest BCUT2D eigenvalue weighted by Gasteiger charge is 2.08. The Hall–Kier alpha value is -2.02. The molecule has 2 aromatic rings. The van der Waals surface area contributed by atoms with Crippen LogP contribution in [-0.4, -0.2) is 22.2 Å². The van der Waals surface area contributed by atoms with Crippen LogP contribution in [0.1, 0.15) is 0 Å². The number of rotatable bonds is 3. The Kier molecular flexibility index (Phi) is 2.78. The van der Waals surface area contributed by atoms with Crippen LogP contribution in [-0.2, 0) is 0 Å². The lowest BCUT2D eigenvalue weighted by Gasteiger charge is -1.94. The van der Waals surface area contributed by atoms with Crippen LogP contribution < -0.4 is 5.32 Å². The van der Waals surface area contributed by atoms with E-state index < -0.39 is 4.92 Å². The molecule has 0 saturated heterocycles. The molecule has 0 spiro atoms. The standard InChI is InChI=1S/C9H8N4O2S/c1-10-9-12-11-8(16-9)6-2-4-7(5-3-6)13(14)15/h2-5H,1H3,(H,10,12). The van der Waals surface area contributed by atoms with Crippen molar-refractivity contribution in [3.8, 4) is 10.6 Å². The minimum Gasteiger partial charge on any atom is -0.363 e. The number of nitro benzene ring substituents is 1. The van der Waals surface area contributed by atoms with E-state index in [1.54, 1.807) is 19.2 Å². The number of non-ortho nitro benzene ring substituents is 1. The molecular weight excluding hydrogens is 228 g/mol. The first-order valence-electron chi connectivity index (χ1n) is 4.47. The van der Waals surface area contributed by atoms with Gasteiger partial charge < -0.3 is 5.32 Å². The minimum absolute atomic E-state index is 0.0714. The van der Waals surface area contributed by atoms with Gasteiger partial charge in [-0.1, -0.05) is 11.3 Å². The van der Waals surface area contributed by atoms with Gasteiger partial charge in [0.1, 0.15) is 5.01 Å². The van der Waals surface area contributed by atoms with Gasteiger partial charge >= 0.3 is 0 Å². The normalized spacial score (nSPS) is 10.1. The number of nitrogens with zero attached hydrogens (tertiary/aromatic N) is 3. The molecule has 0 radical (unpaired) electrons. The van der Waals surface area contributed by atoms with Gasteiger partial charge in [0.05, 0.1) is 4.92 Å². The summed E-state index contributed by atoms with van der Waals surface area (Å²) in [6.45, 7) is 0. The third-order valence-electron chi connectivity index (χ3n) is 1.96. The third-order valence-corrected chi connectivity index (χ3v) is 2.95. The van der Waals surface area contributed by atoms with Gasteiger partial charge in [0.15, 0.2) is 0 Å². The Morgan fingerprint density at radius 3 is 2.50 bits per heavy atom. The van der Waals surface area contributed by atoms with Crippen molar-refractivity contribution < 1.29 is 4.92 Å². The zero-order valence-corrected chi connectivity index (χ0v) is 9.19. The smallest absolute Gasteiger partial charge is 0.269 e. The van der Waals surface area contributed by atoms with Crippen LogP contribution in [0.15, 0.2) is 24.3 Å². The van der Waals surface area contributed by atoms with Crippen molar-refractivity contribution >= 4 is 22.2 Å². The molecule has 1 N–H and O–H groups in total. The molecule has 16 heavy (non-hydrogen) atoms. The molecule has 0 fully saturated rings. The highest BCUT2D eigenvalue weighted by atomic mass is 32.1. The Labute approximate surface area is 95.1 Å². The fourth-order valence-corrected chi connectivity index (χ4v) is 1.87. The Bertz CT molecular complexity index is 508. The summed E-state index contributed by atoms with van der Waals surface area (Å²) in [6, 6.07) is 6.24. The summed E-state index contributed by atoms with van der Waals surface area (Å²) in [5, 5.41) is 22.7. The largest absolute Gasteiger partial charge is 0.363 e. The molecule has 0 aliphatic rings. The third kappa shape index (κ3) is 1.98. The highest BCUT2D eigenvalue weighted by Crippen LogP contribution is 2.27. The summed E-state index contributed by atoms with van der Waals surface area (Å²) in [5.41, 5.74) is 0.895. The maximum Gasteiger partial charge on any atom is 0.269 e.